The van der Waals surface area contributed by atoms with Crippen molar-refractivity contribution in [1.29, 1.82) is 0 Å². The number of aromatic nitrogens is 2. The molecular formula is C4H7N2OS+. The van der Waals surface area contributed by atoms with Gasteiger partial charge in [0.15, 0.2) is 6.20 Å². The van der Waals surface area contributed by atoms with Crippen LogP contribution >= 0.6 is 11.8 Å². The lowest BCUT2D eigenvalue weighted by Crippen LogP contribution is -2.28. The number of rotatable bonds is 1. The molecule has 8 heavy (non-hydrogen) atoms. The van der Waals surface area contributed by atoms with Crippen LogP contribution in [-0.4, -0.2) is 16.4 Å². The standard InChI is InChI=1S/C4H6N2OS/c1-8-4-5-2-3-6(4)7/h2-3,7H,1H3/p+1. The lowest BCUT2D eigenvalue weighted by molar-refractivity contribution is -0.931. The molecule has 0 aliphatic rings. The zero-order valence-electron chi connectivity index (χ0n) is 4.46. The minimum atomic E-state index is 0.741. The van der Waals surface area contributed by atoms with Crippen LogP contribution in [0, 0.1) is 0 Å². The smallest absolute Gasteiger partial charge is 0.349 e. The maximum absolute atomic E-state index is 8.82. The molecule has 0 bridgehead atoms. The molecule has 4 heteroatoms. The second-order valence-corrected chi connectivity index (χ2v) is 2.11. The van der Waals surface area contributed by atoms with Crippen molar-refractivity contribution in [2.45, 2.75) is 5.16 Å². The van der Waals surface area contributed by atoms with Gasteiger partial charge in [0.05, 0.1) is 0 Å². The largest absolute Gasteiger partial charge is 0.354 e. The molecule has 0 aliphatic carbocycles. The number of hydrogen-bond acceptors (Lipinski definition) is 2. The summed E-state index contributed by atoms with van der Waals surface area (Å²) >= 11 is 1.46. The first-order valence-corrected chi connectivity index (χ1v) is 3.39. The van der Waals surface area contributed by atoms with E-state index in [0.717, 1.165) is 9.89 Å². The van der Waals surface area contributed by atoms with E-state index in [1.807, 2.05) is 6.26 Å². The fourth-order valence-corrected chi connectivity index (χ4v) is 0.899. The van der Waals surface area contributed by atoms with E-state index in [1.54, 1.807) is 12.4 Å². The topological polar surface area (TPSA) is 39.9 Å². The lowest BCUT2D eigenvalue weighted by Gasteiger charge is -1.80. The quantitative estimate of drug-likeness (QED) is 0.326. The molecule has 3 nitrogen and oxygen atoms in total. The van der Waals surface area contributed by atoms with Crippen LogP contribution < -0.4 is 4.73 Å². The number of nitrogens with zero attached hydrogens (tertiary/aromatic N) is 1. The molecule has 2 N–H and O–H groups in total. The fourth-order valence-electron chi connectivity index (χ4n) is 0.465. The van der Waals surface area contributed by atoms with Crippen molar-refractivity contribution >= 4 is 11.8 Å². The highest BCUT2D eigenvalue weighted by molar-refractivity contribution is 7.98. The van der Waals surface area contributed by atoms with Crippen LogP contribution in [0.2, 0.25) is 0 Å². The minimum absolute atomic E-state index is 0.741. The predicted molar refractivity (Wildman–Crippen MR) is 30.0 cm³/mol. The Hall–Kier alpha value is -0.640. The van der Waals surface area contributed by atoms with E-state index in [0.29, 0.717) is 0 Å². The molecule has 0 spiro atoms. The molecule has 44 valence electrons. The monoisotopic (exact) mass is 131 g/mol. The van der Waals surface area contributed by atoms with Gasteiger partial charge in [-0.3, -0.25) is 0 Å². The second kappa shape index (κ2) is 2.09. The van der Waals surface area contributed by atoms with Gasteiger partial charge in [0.1, 0.15) is 6.20 Å². The summed E-state index contributed by atoms with van der Waals surface area (Å²) < 4.78 is 1.05. The maximum atomic E-state index is 8.82. The summed E-state index contributed by atoms with van der Waals surface area (Å²) in [4.78, 5) is 2.83. The Morgan fingerprint density at radius 3 is 2.88 bits per heavy atom. The summed E-state index contributed by atoms with van der Waals surface area (Å²) in [6.07, 6.45) is 5.11. The van der Waals surface area contributed by atoms with E-state index in [-0.39, 0.29) is 0 Å². The van der Waals surface area contributed by atoms with E-state index in [4.69, 9.17) is 5.21 Å². The average Bonchev–Trinajstić information content (AvgIpc) is 2.14. The number of thioether (sulfide) groups is 1. The van der Waals surface area contributed by atoms with Gasteiger partial charge in [-0.05, 0) is 22.7 Å². The van der Waals surface area contributed by atoms with E-state index < -0.39 is 0 Å². The van der Waals surface area contributed by atoms with Crippen LogP contribution in [0.15, 0.2) is 17.6 Å². The molecule has 1 aromatic heterocycles. The van der Waals surface area contributed by atoms with Crippen molar-refractivity contribution in [2.75, 3.05) is 6.26 Å². The molecular weight excluding hydrogens is 124 g/mol. The van der Waals surface area contributed by atoms with Gasteiger partial charge in [-0.1, -0.05) is 0 Å². The van der Waals surface area contributed by atoms with Crippen molar-refractivity contribution in [1.82, 2.24) is 4.98 Å². The third-order valence-corrected chi connectivity index (χ3v) is 1.52. The van der Waals surface area contributed by atoms with Crippen LogP contribution in [0.4, 0.5) is 0 Å². The first kappa shape index (κ1) is 5.50. The van der Waals surface area contributed by atoms with Crippen LogP contribution in [0.5, 0.6) is 0 Å². The molecule has 0 saturated carbocycles. The average molecular weight is 131 g/mol. The molecule has 1 rings (SSSR count). The van der Waals surface area contributed by atoms with E-state index in [2.05, 4.69) is 4.98 Å². The Morgan fingerprint density at radius 1 is 1.88 bits per heavy atom. The van der Waals surface area contributed by atoms with Crippen LogP contribution in [0.25, 0.3) is 0 Å². The van der Waals surface area contributed by atoms with Gasteiger partial charge in [0, 0.05) is 0 Å². The summed E-state index contributed by atoms with van der Waals surface area (Å²) in [5.41, 5.74) is 0. The zero-order chi connectivity index (χ0) is 5.98. The van der Waals surface area contributed by atoms with Crippen molar-refractivity contribution in [3.05, 3.63) is 12.4 Å². The summed E-state index contributed by atoms with van der Waals surface area (Å²) in [6.45, 7) is 0. The highest BCUT2D eigenvalue weighted by Crippen LogP contribution is 2.01. The first-order valence-electron chi connectivity index (χ1n) is 2.17. The molecule has 0 saturated heterocycles. The summed E-state index contributed by atoms with van der Waals surface area (Å²) in [5.74, 6) is 0. The molecule has 0 radical (unpaired) electrons. The Kier molecular flexibility index (Phi) is 1.43. The van der Waals surface area contributed by atoms with Crippen molar-refractivity contribution < 1.29 is 9.94 Å². The molecule has 0 fully saturated rings. The second-order valence-electron chi connectivity index (χ2n) is 1.31. The number of imidazole rings is 1. The van der Waals surface area contributed by atoms with Gasteiger partial charge in [-0.15, -0.1) is 0 Å². The molecule has 0 aromatic carbocycles. The molecule has 1 heterocycles. The van der Waals surface area contributed by atoms with Crippen LogP contribution in [0.1, 0.15) is 0 Å². The molecule has 0 atom stereocenters. The highest BCUT2D eigenvalue weighted by atomic mass is 32.2. The molecule has 1 aromatic rings. The Balaban J connectivity index is 2.92. The summed E-state index contributed by atoms with van der Waals surface area (Å²) in [7, 11) is 0. The van der Waals surface area contributed by atoms with Crippen LogP contribution in [-0.2, 0) is 0 Å². The van der Waals surface area contributed by atoms with Crippen molar-refractivity contribution in [2.24, 2.45) is 0 Å². The molecule has 0 aliphatic heterocycles. The maximum Gasteiger partial charge on any atom is 0.354 e. The van der Waals surface area contributed by atoms with E-state index >= 15 is 0 Å². The van der Waals surface area contributed by atoms with Gasteiger partial charge in [-0.2, -0.15) is 0 Å². The predicted octanol–water partition coefficient (Wildman–Crippen LogP) is 0.261. The third kappa shape index (κ3) is 0.790. The first-order chi connectivity index (χ1) is 3.84. The summed E-state index contributed by atoms with van der Waals surface area (Å²) in [6, 6.07) is 0. The Labute approximate surface area is 51.3 Å². The Bertz CT molecular complexity index is 174. The Morgan fingerprint density at radius 2 is 2.62 bits per heavy atom. The van der Waals surface area contributed by atoms with Crippen LogP contribution in [0.3, 0.4) is 0 Å². The lowest BCUT2D eigenvalue weighted by atomic mass is 11.0. The molecule has 0 unspecified atom stereocenters. The van der Waals surface area contributed by atoms with E-state index in [1.165, 1.54) is 11.8 Å². The number of aromatic amines is 1. The number of nitrogens with one attached hydrogen (secondary N) is 1. The zero-order valence-corrected chi connectivity index (χ0v) is 5.27. The van der Waals surface area contributed by atoms with Crippen molar-refractivity contribution in [3.63, 3.8) is 0 Å². The highest BCUT2D eigenvalue weighted by Gasteiger charge is 2.04. The third-order valence-electron chi connectivity index (χ3n) is 0.824. The van der Waals surface area contributed by atoms with Gasteiger partial charge < -0.3 is 5.21 Å². The fraction of sp³-hybridized carbons (Fsp3) is 0.250. The SMILES string of the molecule is CSc1[nH]cc[n+]1O. The minimum Gasteiger partial charge on any atom is -0.349 e. The van der Waals surface area contributed by atoms with Gasteiger partial charge in [0.25, 0.3) is 0 Å². The number of hydrogen-bond donors (Lipinski definition) is 2. The van der Waals surface area contributed by atoms with Gasteiger partial charge in [0.2, 0.25) is 0 Å². The normalized spacial score (nSPS) is 9.62. The van der Waals surface area contributed by atoms with Gasteiger partial charge >= 0.3 is 5.16 Å². The number of H-pyrrole nitrogens is 1. The van der Waals surface area contributed by atoms with Crippen molar-refractivity contribution in [3.8, 4) is 0 Å². The summed E-state index contributed by atoms with van der Waals surface area (Å²) in [5, 5.41) is 9.56. The molecule has 0 amide bonds. The van der Waals surface area contributed by atoms with Gasteiger partial charge in [-0.25, -0.2) is 4.98 Å². The van der Waals surface area contributed by atoms with E-state index in [9.17, 15) is 0 Å².